The first-order valence-electron chi connectivity index (χ1n) is 10.2. The fraction of sp³-hybridized carbons (Fsp3) is 0.261. The number of rotatable bonds is 5. The lowest BCUT2D eigenvalue weighted by Crippen LogP contribution is -2.31. The number of nitrogens with zero attached hydrogens (tertiary/aromatic N) is 3. The molecule has 0 amide bonds. The summed E-state index contributed by atoms with van der Waals surface area (Å²) in [7, 11) is 1.53. The van der Waals surface area contributed by atoms with Gasteiger partial charge in [0.2, 0.25) is 5.95 Å². The van der Waals surface area contributed by atoms with Crippen molar-refractivity contribution in [3.05, 3.63) is 76.0 Å². The van der Waals surface area contributed by atoms with Gasteiger partial charge in [0.05, 0.1) is 12.1 Å². The number of nitrogens with one attached hydrogen (secondary N) is 1. The molecule has 3 aromatic rings. The Labute approximate surface area is 188 Å². The van der Waals surface area contributed by atoms with Crippen molar-refractivity contribution in [1.29, 1.82) is 0 Å². The lowest BCUT2D eigenvalue weighted by atomic mass is 9.85. The van der Waals surface area contributed by atoms with Crippen LogP contribution >= 0.6 is 11.6 Å². The van der Waals surface area contributed by atoms with Gasteiger partial charge in [0, 0.05) is 23.3 Å². The van der Waals surface area contributed by atoms with Gasteiger partial charge >= 0.3 is 0 Å². The molecule has 1 unspecified atom stereocenters. The van der Waals surface area contributed by atoms with E-state index in [1.807, 2.05) is 12.1 Å². The van der Waals surface area contributed by atoms with Gasteiger partial charge in [-0.15, -0.1) is 0 Å². The van der Waals surface area contributed by atoms with Gasteiger partial charge in [-0.05, 0) is 42.7 Å². The van der Waals surface area contributed by atoms with Crippen molar-refractivity contribution >= 4 is 23.3 Å². The molecule has 0 saturated heterocycles. The maximum Gasteiger partial charge on any atom is 0.226 e. The molecule has 32 heavy (non-hydrogen) atoms. The highest BCUT2D eigenvalue weighted by molar-refractivity contribution is 6.31. The fourth-order valence-corrected chi connectivity index (χ4v) is 4.42. The molecule has 0 radical (unpaired) electrons. The summed E-state index contributed by atoms with van der Waals surface area (Å²) < 4.78 is 27.2. The molecule has 0 saturated carbocycles. The van der Waals surface area contributed by atoms with Gasteiger partial charge in [-0.2, -0.15) is 10.1 Å². The average Bonchev–Trinajstić information content (AvgIpc) is 3.26. The Morgan fingerprint density at radius 3 is 2.94 bits per heavy atom. The highest BCUT2D eigenvalue weighted by atomic mass is 35.5. The minimum absolute atomic E-state index is 0.0461. The van der Waals surface area contributed by atoms with Crippen molar-refractivity contribution in [3.8, 4) is 11.5 Å². The van der Waals surface area contributed by atoms with E-state index in [2.05, 4.69) is 15.4 Å². The van der Waals surface area contributed by atoms with Crippen LogP contribution in [0, 0.1) is 5.82 Å². The number of anilines is 1. The van der Waals surface area contributed by atoms with Crippen molar-refractivity contribution in [2.24, 2.45) is 0 Å². The molecule has 0 bridgehead atoms. The summed E-state index contributed by atoms with van der Waals surface area (Å²) in [5.74, 6) is 1.15. The summed E-state index contributed by atoms with van der Waals surface area (Å²) in [6.07, 6.45) is 3.56. The maximum absolute atomic E-state index is 14.1. The Morgan fingerprint density at radius 1 is 1.25 bits per heavy atom. The molecule has 2 aromatic carbocycles. The first-order valence-corrected chi connectivity index (χ1v) is 10.6. The molecule has 5 rings (SSSR count). The Bertz CT molecular complexity index is 1220. The minimum Gasteiger partial charge on any atom is -0.493 e. The molecule has 1 aromatic heterocycles. The van der Waals surface area contributed by atoms with E-state index >= 15 is 0 Å². The Balaban J connectivity index is 1.50. The van der Waals surface area contributed by atoms with Gasteiger partial charge < -0.3 is 14.8 Å². The molecular formula is C23H20ClFN4O3. The van der Waals surface area contributed by atoms with Crippen molar-refractivity contribution in [2.45, 2.75) is 31.9 Å². The second-order valence-corrected chi connectivity index (χ2v) is 8.03. The number of carbonyl (C=O) groups excluding carboxylic acids is 1. The van der Waals surface area contributed by atoms with Gasteiger partial charge in [0.15, 0.2) is 17.3 Å². The van der Waals surface area contributed by atoms with Crippen LogP contribution in [0.1, 0.15) is 36.4 Å². The number of halogens is 2. The second-order valence-electron chi connectivity index (χ2n) is 7.62. The molecule has 1 aliphatic heterocycles. The van der Waals surface area contributed by atoms with Gasteiger partial charge in [-0.25, -0.2) is 9.07 Å². The SMILES string of the molecule is COc1cc(C2C3=C(CCCC3=O)Nc3ncnn32)ccc1OCc1c(F)cccc1Cl. The first kappa shape index (κ1) is 20.5. The quantitative estimate of drug-likeness (QED) is 0.603. The summed E-state index contributed by atoms with van der Waals surface area (Å²) in [5, 5.41) is 7.88. The number of methoxy groups -OCH3 is 1. The van der Waals surface area contributed by atoms with E-state index < -0.39 is 11.9 Å². The molecule has 2 aliphatic rings. The average molecular weight is 455 g/mol. The molecule has 7 nitrogen and oxygen atoms in total. The third-order valence-corrected chi connectivity index (χ3v) is 6.10. The van der Waals surface area contributed by atoms with Gasteiger partial charge in [0.1, 0.15) is 24.8 Å². The lowest BCUT2D eigenvalue weighted by Gasteiger charge is -2.32. The Hall–Kier alpha value is -3.39. The summed E-state index contributed by atoms with van der Waals surface area (Å²) in [4.78, 5) is 17.1. The van der Waals surface area contributed by atoms with Gasteiger partial charge in [0.25, 0.3) is 0 Å². The van der Waals surface area contributed by atoms with E-state index in [9.17, 15) is 9.18 Å². The number of Topliss-reactive ketones (excluding diaryl/α,β-unsaturated/α-hetero) is 1. The number of carbonyl (C=O) groups is 1. The number of ether oxygens (including phenoxy) is 2. The standard InChI is InChI=1S/C23H20ClFN4O3/c1-31-20-10-13(8-9-19(20)32-11-14-15(24)4-2-5-16(14)25)22-21-17(6-3-7-18(21)30)28-23-26-12-27-29(22)23/h2,4-5,8-10,12,22H,3,6-7,11H2,1H3,(H,26,27,28). The predicted molar refractivity (Wildman–Crippen MR) is 116 cm³/mol. The molecular weight excluding hydrogens is 435 g/mol. The topological polar surface area (TPSA) is 78.3 Å². The third kappa shape index (κ3) is 3.50. The molecule has 164 valence electrons. The van der Waals surface area contributed by atoms with E-state index in [0.29, 0.717) is 34.5 Å². The van der Waals surface area contributed by atoms with Crippen LogP contribution in [0.15, 0.2) is 54.0 Å². The maximum atomic E-state index is 14.1. The van der Waals surface area contributed by atoms with E-state index in [4.69, 9.17) is 21.1 Å². The van der Waals surface area contributed by atoms with Crippen molar-refractivity contribution in [3.63, 3.8) is 0 Å². The number of ketones is 1. The number of hydrogen-bond donors (Lipinski definition) is 1. The van der Waals surface area contributed by atoms with Crippen LogP contribution in [-0.4, -0.2) is 27.7 Å². The zero-order valence-electron chi connectivity index (χ0n) is 17.3. The van der Waals surface area contributed by atoms with Crippen molar-refractivity contribution in [2.75, 3.05) is 12.4 Å². The van der Waals surface area contributed by atoms with Crippen LogP contribution in [0.5, 0.6) is 11.5 Å². The molecule has 1 N–H and O–H groups in total. The molecule has 0 spiro atoms. The van der Waals surface area contributed by atoms with Crippen LogP contribution < -0.4 is 14.8 Å². The molecule has 0 fully saturated rings. The summed E-state index contributed by atoms with van der Waals surface area (Å²) in [6.45, 7) is -0.0461. The van der Waals surface area contributed by atoms with Gasteiger partial charge in [-0.1, -0.05) is 23.7 Å². The highest BCUT2D eigenvalue weighted by Crippen LogP contribution is 2.42. The normalized spacial score (nSPS) is 17.5. The van der Waals surface area contributed by atoms with Gasteiger partial charge in [-0.3, -0.25) is 4.79 Å². The minimum atomic E-state index is -0.434. The van der Waals surface area contributed by atoms with Crippen LogP contribution in [-0.2, 0) is 11.4 Å². The lowest BCUT2D eigenvalue weighted by molar-refractivity contribution is -0.116. The Morgan fingerprint density at radius 2 is 2.12 bits per heavy atom. The number of allylic oxidation sites excluding steroid dienone is 2. The molecule has 9 heteroatoms. The van der Waals surface area contributed by atoms with Crippen LogP contribution in [0.4, 0.5) is 10.3 Å². The fourth-order valence-electron chi connectivity index (χ4n) is 4.20. The third-order valence-electron chi connectivity index (χ3n) is 5.75. The summed E-state index contributed by atoms with van der Waals surface area (Å²) >= 11 is 6.10. The summed E-state index contributed by atoms with van der Waals surface area (Å²) in [5.41, 5.74) is 2.67. The number of hydrogen-bond acceptors (Lipinski definition) is 6. The number of benzene rings is 2. The number of fused-ring (bicyclic) bond motifs is 1. The monoisotopic (exact) mass is 454 g/mol. The first-order chi connectivity index (χ1) is 15.6. The molecule has 1 atom stereocenters. The van der Waals surface area contributed by atoms with E-state index in [1.54, 1.807) is 22.9 Å². The van der Waals surface area contributed by atoms with E-state index in [1.165, 1.54) is 19.5 Å². The van der Waals surface area contributed by atoms with E-state index in [-0.39, 0.29) is 18.0 Å². The molecule has 1 aliphatic carbocycles. The largest absolute Gasteiger partial charge is 0.493 e. The van der Waals surface area contributed by atoms with E-state index in [0.717, 1.165) is 24.1 Å². The second kappa shape index (κ2) is 8.27. The van der Waals surface area contributed by atoms with Crippen LogP contribution in [0.25, 0.3) is 0 Å². The smallest absolute Gasteiger partial charge is 0.226 e. The molecule has 2 heterocycles. The van der Waals surface area contributed by atoms with Crippen LogP contribution in [0.3, 0.4) is 0 Å². The highest BCUT2D eigenvalue weighted by Gasteiger charge is 2.36. The van der Waals surface area contributed by atoms with Crippen molar-refractivity contribution in [1.82, 2.24) is 14.8 Å². The zero-order valence-corrected chi connectivity index (χ0v) is 18.0. The zero-order chi connectivity index (χ0) is 22.2. The number of aromatic nitrogens is 3. The predicted octanol–water partition coefficient (Wildman–Crippen LogP) is 4.68. The van der Waals surface area contributed by atoms with Crippen molar-refractivity contribution < 1.29 is 18.7 Å². The summed E-state index contributed by atoms with van der Waals surface area (Å²) in [6, 6.07) is 9.49. The Kier molecular flexibility index (Phi) is 5.30. The van der Waals surface area contributed by atoms with Crippen LogP contribution in [0.2, 0.25) is 5.02 Å².